The van der Waals surface area contributed by atoms with Gasteiger partial charge in [-0.3, -0.25) is 14.6 Å². The predicted octanol–water partition coefficient (Wildman–Crippen LogP) is 4.18. The van der Waals surface area contributed by atoms with Crippen LogP contribution in [-0.2, 0) is 16.0 Å². The van der Waals surface area contributed by atoms with Crippen LogP contribution >= 0.6 is 0 Å². The number of anilines is 1. The Morgan fingerprint density at radius 2 is 1.80 bits per heavy atom. The largest absolute Gasteiger partial charge is 0.493 e. The highest BCUT2D eigenvalue weighted by Gasteiger charge is 2.25. The fraction of sp³-hybridized carbons (Fsp3) is 0.258. The zero-order chi connectivity index (χ0) is 28.9. The van der Waals surface area contributed by atoms with Crippen LogP contribution in [0.2, 0.25) is 0 Å². The van der Waals surface area contributed by atoms with Crippen molar-refractivity contribution in [2.24, 2.45) is 11.7 Å². The van der Waals surface area contributed by atoms with Gasteiger partial charge in [0, 0.05) is 55.0 Å². The van der Waals surface area contributed by atoms with E-state index in [2.05, 4.69) is 16.9 Å². The van der Waals surface area contributed by atoms with Crippen LogP contribution in [0.3, 0.4) is 0 Å². The highest BCUT2D eigenvalue weighted by Crippen LogP contribution is 2.38. The van der Waals surface area contributed by atoms with Crippen molar-refractivity contribution in [1.82, 2.24) is 9.88 Å². The first-order valence-electron chi connectivity index (χ1n) is 13.2. The smallest absolute Gasteiger partial charge is 0.316 e. The van der Waals surface area contributed by atoms with Crippen molar-refractivity contribution in [2.75, 3.05) is 45.3 Å². The molecule has 9 nitrogen and oxygen atoms in total. The number of nitrogens with two attached hydrogens (primary N) is 1. The summed E-state index contributed by atoms with van der Waals surface area (Å²) in [5, 5.41) is 0.608. The van der Waals surface area contributed by atoms with Gasteiger partial charge < -0.3 is 29.7 Å². The first kappa shape index (κ1) is 27.9. The summed E-state index contributed by atoms with van der Waals surface area (Å²) in [6.45, 7) is 2.68. The number of halogens is 1. The molecule has 1 aromatic heterocycles. The van der Waals surface area contributed by atoms with Crippen molar-refractivity contribution in [2.45, 2.75) is 6.42 Å². The monoisotopic (exact) mass is 558 g/mol. The molecule has 0 unspecified atom stereocenters. The number of hydrogen-bond donors (Lipinski definition) is 1. The normalized spacial score (nSPS) is 13.4. The lowest BCUT2D eigenvalue weighted by molar-refractivity contribution is -0.135. The van der Waals surface area contributed by atoms with Crippen LogP contribution in [0.5, 0.6) is 23.0 Å². The topological polar surface area (TPSA) is 107 Å². The van der Waals surface area contributed by atoms with Crippen molar-refractivity contribution in [3.05, 3.63) is 84.3 Å². The first-order chi connectivity index (χ1) is 19.8. The number of benzene rings is 3. The maximum atomic E-state index is 15.3. The maximum Gasteiger partial charge on any atom is 0.316 e. The molecule has 0 spiro atoms. The number of methoxy groups -OCH3 is 1. The lowest BCUT2D eigenvalue weighted by Crippen LogP contribution is -2.46. The van der Waals surface area contributed by atoms with Crippen molar-refractivity contribution in [3.63, 3.8) is 0 Å². The van der Waals surface area contributed by atoms with Crippen LogP contribution in [0, 0.1) is 11.7 Å². The highest BCUT2D eigenvalue weighted by atomic mass is 19.1. The zero-order valence-corrected chi connectivity index (χ0v) is 22.9. The number of primary amides is 1. The van der Waals surface area contributed by atoms with Crippen LogP contribution < -0.4 is 24.8 Å². The summed E-state index contributed by atoms with van der Waals surface area (Å²) in [7, 11) is 3.62. The summed E-state index contributed by atoms with van der Waals surface area (Å²) in [6.07, 6.45) is 2.02. The quantitative estimate of drug-likeness (QED) is 0.291. The van der Waals surface area contributed by atoms with E-state index in [4.69, 9.17) is 19.9 Å². The molecule has 0 radical (unpaired) electrons. The second kappa shape index (κ2) is 12.2. The van der Waals surface area contributed by atoms with Crippen molar-refractivity contribution in [3.8, 4) is 23.0 Å². The molecule has 2 amide bonds. The second-order valence-corrected chi connectivity index (χ2v) is 10.0. The van der Waals surface area contributed by atoms with Crippen LogP contribution in [-0.4, -0.2) is 62.1 Å². The van der Waals surface area contributed by atoms with Gasteiger partial charge in [0.2, 0.25) is 0 Å². The molecule has 2 N–H and O–H groups in total. The fourth-order valence-electron chi connectivity index (χ4n) is 4.86. The van der Waals surface area contributed by atoms with Crippen LogP contribution in [0.25, 0.3) is 10.9 Å². The van der Waals surface area contributed by atoms with Gasteiger partial charge >= 0.3 is 11.8 Å². The number of ether oxygens (including phenoxy) is 3. The summed E-state index contributed by atoms with van der Waals surface area (Å²) in [4.78, 5) is 32.1. The molecule has 41 heavy (non-hydrogen) atoms. The van der Waals surface area contributed by atoms with E-state index < -0.39 is 17.6 Å². The number of fused-ring (bicyclic) bond motifs is 1. The van der Waals surface area contributed by atoms with Gasteiger partial charge in [-0.2, -0.15) is 0 Å². The number of carbonyl (C=O) groups excluding carboxylic acids is 2. The number of likely N-dealkylation sites (tertiary alicyclic amines) is 1. The molecule has 10 heteroatoms. The Bertz CT molecular complexity index is 1560. The van der Waals surface area contributed by atoms with E-state index in [0.29, 0.717) is 47.1 Å². The molecule has 0 saturated carbocycles. The number of nitrogens with zero attached hydrogens (tertiary/aromatic N) is 3. The van der Waals surface area contributed by atoms with E-state index >= 15 is 4.39 Å². The van der Waals surface area contributed by atoms with Gasteiger partial charge in [0.25, 0.3) is 0 Å². The van der Waals surface area contributed by atoms with E-state index in [1.54, 1.807) is 31.5 Å². The number of carbonyl (C=O) groups is 2. The Balaban J connectivity index is 1.37. The Morgan fingerprint density at radius 1 is 1.02 bits per heavy atom. The predicted molar refractivity (Wildman–Crippen MR) is 153 cm³/mol. The molecule has 3 aromatic carbocycles. The molecule has 0 aliphatic carbocycles. The fourth-order valence-corrected chi connectivity index (χ4v) is 4.86. The molecule has 4 aromatic rings. The minimum atomic E-state index is -1.13. The molecule has 1 aliphatic rings. The third kappa shape index (κ3) is 6.38. The standard InChI is InChI=1S/C31H31FN4O5/c1-35-17-21(18-35)19-40-29-16-25-23(15-28(29)39-2)26(10-12-34-25)41-27-9-8-22(14-24(27)32)36(31(38)30(33)37)13-11-20-6-4-3-5-7-20/h3-10,12,14-16,21H,11,13,17-19H2,1-2H3,(H2,33,37). The van der Waals surface area contributed by atoms with Crippen LogP contribution in [0.4, 0.5) is 10.1 Å². The Kier molecular flexibility index (Phi) is 8.30. The van der Waals surface area contributed by atoms with Gasteiger partial charge in [-0.1, -0.05) is 30.3 Å². The van der Waals surface area contributed by atoms with Crippen molar-refractivity contribution < 1.29 is 28.2 Å². The third-order valence-electron chi connectivity index (χ3n) is 6.97. The number of aromatic nitrogens is 1. The number of rotatable bonds is 10. The summed E-state index contributed by atoms with van der Waals surface area (Å²) in [6, 6.07) is 18.7. The molecule has 212 valence electrons. The molecule has 0 atom stereocenters. The molecular weight excluding hydrogens is 527 g/mol. The first-order valence-corrected chi connectivity index (χ1v) is 13.2. The molecular formula is C31H31FN4O5. The average molecular weight is 559 g/mol. The van der Waals surface area contributed by atoms with Gasteiger partial charge in [0.1, 0.15) is 5.75 Å². The van der Waals surface area contributed by atoms with E-state index in [0.717, 1.165) is 29.6 Å². The SMILES string of the molecule is COc1cc2c(Oc3ccc(N(CCc4ccccc4)C(=O)C(N)=O)cc3F)ccnc2cc1OCC1CN(C)C1. The molecule has 1 aliphatic heterocycles. The minimum absolute atomic E-state index is 0.0656. The summed E-state index contributed by atoms with van der Waals surface area (Å²) < 4.78 is 32.9. The number of pyridine rings is 1. The lowest BCUT2D eigenvalue weighted by Gasteiger charge is -2.35. The van der Waals surface area contributed by atoms with Crippen molar-refractivity contribution >= 4 is 28.4 Å². The molecule has 1 fully saturated rings. The summed E-state index contributed by atoms with van der Waals surface area (Å²) >= 11 is 0. The Labute approximate surface area is 237 Å². The lowest BCUT2D eigenvalue weighted by atomic mass is 10.0. The van der Waals surface area contributed by atoms with E-state index in [-0.39, 0.29) is 18.0 Å². The van der Waals surface area contributed by atoms with E-state index in [1.165, 1.54) is 12.1 Å². The maximum absolute atomic E-state index is 15.3. The van der Waals surface area contributed by atoms with Gasteiger partial charge in [0.05, 0.1) is 19.2 Å². The summed E-state index contributed by atoms with van der Waals surface area (Å²) in [5.41, 5.74) is 7.02. The van der Waals surface area contributed by atoms with Gasteiger partial charge in [0.15, 0.2) is 23.1 Å². The summed E-state index contributed by atoms with van der Waals surface area (Å²) in [5.74, 6) is -0.927. The number of hydrogen-bond acceptors (Lipinski definition) is 7. The Morgan fingerprint density at radius 3 is 2.49 bits per heavy atom. The van der Waals surface area contributed by atoms with Crippen LogP contribution in [0.1, 0.15) is 5.56 Å². The minimum Gasteiger partial charge on any atom is -0.493 e. The average Bonchev–Trinajstić information content (AvgIpc) is 2.96. The van der Waals surface area contributed by atoms with Gasteiger partial charge in [-0.25, -0.2) is 4.39 Å². The van der Waals surface area contributed by atoms with E-state index in [1.807, 2.05) is 30.3 Å². The van der Waals surface area contributed by atoms with E-state index in [9.17, 15) is 9.59 Å². The molecule has 5 rings (SSSR count). The highest BCUT2D eigenvalue weighted by molar-refractivity contribution is 6.39. The second-order valence-electron chi connectivity index (χ2n) is 10.0. The van der Waals surface area contributed by atoms with Crippen molar-refractivity contribution in [1.29, 1.82) is 0 Å². The number of amides is 2. The molecule has 1 saturated heterocycles. The van der Waals surface area contributed by atoms with Gasteiger partial charge in [-0.15, -0.1) is 0 Å². The van der Waals surface area contributed by atoms with Gasteiger partial charge in [-0.05, 0) is 43.3 Å². The third-order valence-corrected chi connectivity index (χ3v) is 6.97. The molecule has 2 heterocycles. The Hall–Kier alpha value is -4.70. The zero-order valence-electron chi connectivity index (χ0n) is 22.9. The molecule has 0 bridgehead atoms. The van der Waals surface area contributed by atoms with Crippen LogP contribution in [0.15, 0.2) is 72.9 Å².